The van der Waals surface area contributed by atoms with E-state index in [-0.39, 0.29) is 0 Å². The molecule has 0 bridgehead atoms. The van der Waals surface area contributed by atoms with Crippen molar-refractivity contribution in [3.05, 3.63) is 0 Å². The first kappa shape index (κ1) is 16.2. The van der Waals surface area contributed by atoms with Crippen LogP contribution in [0.1, 0.15) is 40.0 Å². The van der Waals surface area contributed by atoms with Crippen LogP contribution in [-0.2, 0) is 0 Å². The van der Waals surface area contributed by atoms with Gasteiger partial charge in [-0.2, -0.15) is 0 Å². The van der Waals surface area contributed by atoms with E-state index in [0.29, 0.717) is 6.04 Å². The molecular weight excluding hydrogens is 212 g/mol. The fourth-order valence-corrected chi connectivity index (χ4v) is 1.41. The summed E-state index contributed by atoms with van der Waals surface area (Å²) in [5, 5.41) is 6.66. The van der Waals surface area contributed by atoms with Crippen molar-refractivity contribution >= 4 is 5.96 Å². The molecule has 0 rings (SSSR count). The van der Waals surface area contributed by atoms with Gasteiger partial charge in [0, 0.05) is 32.7 Å². The molecule has 0 saturated carbocycles. The summed E-state index contributed by atoms with van der Waals surface area (Å²) in [6.45, 7) is 9.60. The van der Waals surface area contributed by atoms with Crippen LogP contribution in [0.3, 0.4) is 0 Å². The first-order chi connectivity index (χ1) is 8.11. The van der Waals surface area contributed by atoms with Crippen LogP contribution in [0.15, 0.2) is 4.99 Å². The van der Waals surface area contributed by atoms with Crippen LogP contribution in [0.4, 0.5) is 0 Å². The molecule has 0 aliphatic heterocycles. The molecule has 102 valence electrons. The molecule has 0 aliphatic rings. The molecule has 0 aliphatic carbocycles. The molecule has 4 nitrogen and oxygen atoms in total. The highest BCUT2D eigenvalue weighted by atomic mass is 15.2. The van der Waals surface area contributed by atoms with E-state index in [1.54, 1.807) is 0 Å². The maximum absolute atomic E-state index is 4.20. The zero-order chi connectivity index (χ0) is 13.1. The Bertz CT molecular complexity index is 202. The van der Waals surface area contributed by atoms with E-state index in [0.717, 1.165) is 25.6 Å². The Labute approximate surface area is 107 Å². The van der Waals surface area contributed by atoms with Crippen LogP contribution in [0.2, 0.25) is 0 Å². The van der Waals surface area contributed by atoms with E-state index in [1.807, 2.05) is 7.05 Å². The van der Waals surface area contributed by atoms with E-state index in [1.165, 1.54) is 19.3 Å². The summed E-state index contributed by atoms with van der Waals surface area (Å²) in [4.78, 5) is 6.52. The van der Waals surface area contributed by atoms with Gasteiger partial charge >= 0.3 is 0 Å². The number of hydrogen-bond donors (Lipinski definition) is 2. The van der Waals surface area contributed by atoms with Crippen LogP contribution < -0.4 is 10.6 Å². The molecule has 2 N–H and O–H groups in total. The van der Waals surface area contributed by atoms with Gasteiger partial charge in [0.25, 0.3) is 0 Å². The summed E-state index contributed by atoms with van der Waals surface area (Å²) in [5.41, 5.74) is 0. The smallest absolute Gasteiger partial charge is 0.191 e. The molecule has 0 fully saturated rings. The molecule has 0 amide bonds. The van der Waals surface area contributed by atoms with E-state index in [2.05, 4.69) is 48.3 Å². The van der Waals surface area contributed by atoms with E-state index in [9.17, 15) is 0 Å². The fourth-order valence-electron chi connectivity index (χ4n) is 1.41. The summed E-state index contributed by atoms with van der Waals surface area (Å²) in [6, 6.07) is 0.594. The Hall–Kier alpha value is -0.770. The SMILES string of the molecule is CCCCCNC(=NC)NCCN(C)C(C)C. The molecule has 0 radical (unpaired) electrons. The summed E-state index contributed by atoms with van der Waals surface area (Å²) in [5.74, 6) is 0.915. The van der Waals surface area contributed by atoms with Crippen molar-refractivity contribution < 1.29 is 0 Å². The molecule has 4 heteroatoms. The molecule has 0 spiro atoms. The normalized spacial score (nSPS) is 12.3. The lowest BCUT2D eigenvalue weighted by molar-refractivity contribution is 0.278. The predicted molar refractivity (Wildman–Crippen MR) is 76.7 cm³/mol. The van der Waals surface area contributed by atoms with Crippen molar-refractivity contribution in [2.75, 3.05) is 33.7 Å². The van der Waals surface area contributed by atoms with Crippen LogP contribution in [-0.4, -0.2) is 50.6 Å². The average Bonchev–Trinajstić information content (AvgIpc) is 2.31. The Balaban J connectivity index is 3.62. The van der Waals surface area contributed by atoms with E-state index in [4.69, 9.17) is 0 Å². The minimum absolute atomic E-state index is 0.594. The summed E-state index contributed by atoms with van der Waals surface area (Å²) in [7, 11) is 3.96. The summed E-state index contributed by atoms with van der Waals surface area (Å²) < 4.78 is 0. The standard InChI is InChI=1S/C13H30N4/c1-6-7-8-9-15-13(14-4)16-10-11-17(5)12(2)3/h12H,6-11H2,1-5H3,(H2,14,15,16). The lowest BCUT2D eigenvalue weighted by Gasteiger charge is -2.21. The second-order valence-corrected chi connectivity index (χ2v) is 4.71. The molecule has 17 heavy (non-hydrogen) atoms. The number of unbranched alkanes of at least 4 members (excludes halogenated alkanes) is 2. The molecule has 0 atom stereocenters. The minimum atomic E-state index is 0.594. The number of rotatable bonds is 8. The molecular formula is C13H30N4. The van der Waals surface area contributed by atoms with Gasteiger partial charge in [-0.3, -0.25) is 4.99 Å². The molecule has 0 heterocycles. The van der Waals surface area contributed by atoms with Gasteiger partial charge < -0.3 is 15.5 Å². The van der Waals surface area contributed by atoms with Gasteiger partial charge in [-0.1, -0.05) is 19.8 Å². The highest BCUT2D eigenvalue weighted by Crippen LogP contribution is 1.92. The third-order valence-corrected chi connectivity index (χ3v) is 2.93. The van der Waals surface area contributed by atoms with E-state index < -0.39 is 0 Å². The minimum Gasteiger partial charge on any atom is -0.356 e. The van der Waals surface area contributed by atoms with Gasteiger partial charge in [-0.05, 0) is 27.3 Å². The maximum atomic E-state index is 4.20. The second kappa shape index (κ2) is 10.4. The van der Waals surface area contributed by atoms with E-state index >= 15 is 0 Å². The molecule has 0 aromatic rings. The molecule has 0 unspecified atom stereocenters. The van der Waals surface area contributed by atoms with Crippen LogP contribution in [0.25, 0.3) is 0 Å². The summed E-state index contributed by atoms with van der Waals surface area (Å²) >= 11 is 0. The number of guanidine groups is 1. The molecule has 0 aromatic heterocycles. The monoisotopic (exact) mass is 242 g/mol. The van der Waals surface area contributed by atoms with Crippen LogP contribution in [0, 0.1) is 0 Å². The molecule has 0 aromatic carbocycles. The van der Waals surface area contributed by atoms with Crippen molar-refractivity contribution in [3.63, 3.8) is 0 Å². The lowest BCUT2D eigenvalue weighted by Crippen LogP contribution is -2.42. The Morgan fingerprint density at radius 1 is 1.18 bits per heavy atom. The Morgan fingerprint density at radius 2 is 1.82 bits per heavy atom. The third-order valence-electron chi connectivity index (χ3n) is 2.93. The van der Waals surface area contributed by atoms with Crippen LogP contribution in [0.5, 0.6) is 0 Å². The Kier molecular flexibility index (Phi) is 9.92. The summed E-state index contributed by atoms with van der Waals surface area (Å²) in [6.07, 6.45) is 3.75. The topological polar surface area (TPSA) is 39.7 Å². The van der Waals surface area contributed by atoms with Crippen molar-refractivity contribution in [3.8, 4) is 0 Å². The average molecular weight is 242 g/mol. The number of nitrogens with zero attached hydrogens (tertiary/aromatic N) is 2. The van der Waals surface area contributed by atoms with Crippen molar-refractivity contribution in [2.24, 2.45) is 4.99 Å². The first-order valence-corrected chi connectivity index (χ1v) is 6.76. The van der Waals surface area contributed by atoms with Gasteiger partial charge in [0.15, 0.2) is 5.96 Å². The van der Waals surface area contributed by atoms with Gasteiger partial charge in [0.1, 0.15) is 0 Å². The van der Waals surface area contributed by atoms with Crippen molar-refractivity contribution in [1.82, 2.24) is 15.5 Å². The zero-order valence-corrected chi connectivity index (χ0v) is 12.2. The van der Waals surface area contributed by atoms with Gasteiger partial charge in [0.2, 0.25) is 0 Å². The second-order valence-electron chi connectivity index (χ2n) is 4.71. The quantitative estimate of drug-likeness (QED) is 0.386. The lowest BCUT2D eigenvalue weighted by atomic mass is 10.2. The first-order valence-electron chi connectivity index (χ1n) is 6.76. The fraction of sp³-hybridized carbons (Fsp3) is 0.923. The number of likely N-dealkylation sites (N-methyl/N-ethyl adjacent to an activating group) is 1. The number of aliphatic imine (C=N–C) groups is 1. The van der Waals surface area contributed by atoms with Gasteiger partial charge in [0.05, 0.1) is 0 Å². The molecule has 0 saturated heterocycles. The van der Waals surface area contributed by atoms with Crippen molar-refractivity contribution in [2.45, 2.75) is 46.1 Å². The van der Waals surface area contributed by atoms with Crippen LogP contribution >= 0.6 is 0 Å². The Morgan fingerprint density at radius 3 is 2.35 bits per heavy atom. The number of hydrogen-bond acceptors (Lipinski definition) is 2. The highest BCUT2D eigenvalue weighted by molar-refractivity contribution is 5.79. The zero-order valence-electron chi connectivity index (χ0n) is 12.2. The maximum Gasteiger partial charge on any atom is 0.191 e. The third kappa shape index (κ3) is 8.98. The largest absolute Gasteiger partial charge is 0.356 e. The number of nitrogens with one attached hydrogen (secondary N) is 2. The predicted octanol–water partition coefficient (Wildman–Crippen LogP) is 1.68. The van der Waals surface area contributed by atoms with Gasteiger partial charge in [-0.15, -0.1) is 0 Å². The van der Waals surface area contributed by atoms with Gasteiger partial charge in [-0.25, -0.2) is 0 Å². The van der Waals surface area contributed by atoms with Crippen molar-refractivity contribution in [1.29, 1.82) is 0 Å². The highest BCUT2D eigenvalue weighted by Gasteiger charge is 2.02.